The molecule has 0 amide bonds. The van der Waals surface area contributed by atoms with E-state index in [0.717, 1.165) is 44.5 Å². The molecule has 0 saturated carbocycles. The zero-order valence-corrected chi connectivity index (χ0v) is 16.0. The van der Waals surface area contributed by atoms with Crippen LogP contribution in [0, 0.1) is 6.92 Å². The first kappa shape index (κ1) is 17.0. The van der Waals surface area contributed by atoms with Gasteiger partial charge >= 0.3 is 0 Å². The fourth-order valence-electron chi connectivity index (χ4n) is 2.59. The predicted molar refractivity (Wildman–Crippen MR) is 101 cm³/mol. The Labute approximate surface area is 159 Å². The summed E-state index contributed by atoms with van der Waals surface area (Å²) < 4.78 is 12.8. The standard InChI is InChI=1S/C18H17N5OS2/c1-3-15-19-18(26-22-15)25-17-21-20-16(14-9-5-4-7-12(14)2)23(17)11-13-8-6-10-24-13/h4-10H,3,11H2,1-2H3. The summed E-state index contributed by atoms with van der Waals surface area (Å²) in [5, 5.41) is 9.65. The molecule has 1 aromatic carbocycles. The molecule has 3 aromatic heterocycles. The maximum absolute atomic E-state index is 5.54. The van der Waals surface area contributed by atoms with Crippen LogP contribution >= 0.6 is 23.3 Å². The summed E-state index contributed by atoms with van der Waals surface area (Å²) in [5.41, 5.74) is 2.21. The van der Waals surface area contributed by atoms with Crippen molar-refractivity contribution >= 4 is 23.3 Å². The lowest BCUT2D eigenvalue weighted by Crippen LogP contribution is -2.04. The number of benzene rings is 1. The van der Waals surface area contributed by atoms with E-state index in [1.807, 2.05) is 31.2 Å². The third-order valence-electron chi connectivity index (χ3n) is 3.94. The summed E-state index contributed by atoms with van der Waals surface area (Å²) in [6.07, 6.45) is 2.50. The zero-order valence-electron chi connectivity index (χ0n) is 14.4. The van der Waals surface area contributed by atoms with Crippen molar-refractivity contribution < 1.29 is 4.42 Å². The third kappa shape index (κ3) is 3.42. The summed E-state index contributed by atoms with van der Waals surface area (Å²) >= 11 is 2.88. The molecule has 0 N–H and O–H groups in total. The molecule has 4 aromatic rings. The van der Waals surface area contributed by atoms with E-state index in [-0.39, 0.29) is 0 Å². The maximum Gasteiger partial charge on any atom is 0.199 e. The lowest BCUT2D eigenvalue weighted by molar-refractivity contribution is 0.485. The van der Waals surface area contributed by atoms with Crippen LogP contribution in [0.2, 0.25) is 0 Å². The average Bonchev–Trinajstić information content (AvgIpc) is 3.39. The van der Waals surface area contributed by atoms with E-state index >= 15 is 0 Å². The molecule has 0 aliphatic carbocycles. The van der Waals surface area contributed by atoms with E-state index < -0.39 is 0 Å². The fraction of sp³-hybridized carbons (Fsp3) is 0.222. The van der Waals surface area contributed by atoms with E-state index in [0.29, 0.717) is 6.54 Å². The molecule has 0 bridgehead atoms. The summed E-state index contributed by atoms with van der Waals surface area (Å²) in [4.78, 5) is 4.53. The summed E-state index contributed by atoms with van der Waals surface area (Å²) in [5.74, 6) is 2.53. The second kappa shape index (κ2) is 7.43. The highest BCUT2D eigenvalue weighted by atomic mass is 32.2. The first-order valence-electron chi connectivity index (χ1n) is 8.26. The molecule has 0 aliphatic rings. The molecule has 0 radical (unpaired) electrons. The quantitative estimate of drug-likeness (QED) is 0.490. The normalized spacial score (nSPS) is 11.2. The van der Waals surface area contributed by atoms with Gasteiger partial charge in [0.15, 0.2) is 15.3 Å². The molecular formula is C18H17N5OS2. The average molecular weight is 384 g/mol. The van der Waals surface area contributed by atoms with Gasteiger partial charge in [0.1, 0.15) is 11.6 Å². The molecule has 0 aliphatic heterocycles. The summed E-state index contributed by atoms with van der Waals surface area (Å²) in [6.45, 7) is 4.68. The van der Waals surface area contributed by atoms with Crippen LogP contribution in [-0.2, 0) is 13.0 Å². The monoisotopic (exact) mass is 383 g/mol. The number of aryl methyl sites for hydroxylation is 2. The van der Waals surface area contributed by atoms with Crippen LogP contribution in [0.25, 0.3) is 11.4 Å². The van der Waals surface area contributed by atoms with Crippen LogP contribution < -0.4 is 0 Å². The van der Waals surface area contributed by atoms with Crippen molar-refractivity contribution in [2.45, 2.75) is 36.3 Å². The minimum Gasteiger partial charge on any atom is -0.467 e. The lowest BCUT2D eigenvalue weighted by atomic mass is 10.1. The highest BCUT2D eigenvalue weighted by Crippen LogP contribution is 2.32. The first-order chi connectivity index (χ1) is 12.7. The predicted octanol–water partition coefficient (Wildman–Crippen LogP) is 4.46. The van der Waals surface area contributed by atoms with E-state index in [9.17, 15) is 0 Å². The molecule has 132 valence electrons. The Morgan fingerprint density at radius 3 is 2.77 bits per heavy atom. The van der Waals surface area contributed by atoms with E-state index in [2.05, 4.69) is 43.2 Å². The molecule has 0 fully saturated rings. The van der Waals surface area contributed by atoms with Crippen LogP contribution in [-0.4, -0.2) is 24.1 Å². The zero-order chi connectivity index (χ0) is 17.9. The van der Waals surface area contributed by atoms with Gasteiger partial charge in [0.2, 0.25) is 0 Å². The van der Waals surface area contributed by atoms with E-state index in [4.69, 9.17) is 4.42 Å². The number of rotatable bonds is 6. The molecule has 0 atom stereocenters. The third-order valence-corrected chi connectivity index (χ3v) is 5.71. The van der Waals surface area contributed by atoms with Crippen molar-refractivity contribution in [3.8, 4) is 11.4 Å². The highest BCUT2D eigenvalue weighted by molar-refractivity contribution is 8.00. The fourth-order valence-corrected chi connectivity index (χ4v) is 4.22. The molecule has 3 heterocycles. The Balaban J connectivity index is 1.74. The van der Waals surface area contributed by atoms with E-state index in [1.165, 1.54) is 23.3 Å². The van der Waals surface area contributed by atoms with Crippen molar-refractivity contribution in [1.82, 2.24) is 24.1 Å². The Morgan fingerprint density at radius 1 is 1.15 bits per heavy atom. The van der Waals surface area contributed by atoms with Crippen molar-refractivity contribution in [3.05, 3.63) is 59.8 Å². The van der Waals surface area contributed by atoms with E-state index in [1.54, 1.807) is 6.26 Å². The van der Waals surface area contributed by atoms with Gasteiger partial charge in [0, 0.05) is 12.0 Å². The molecule has 6 nitrogen and oxygen atoms in total. The Bertz CT molecular complexity index is 1010. The first-order valence-corrected chi connectivity index (χ1v) is 9.85. The topological polar surface area (TPSA) is 69.6 Å². The molecule has 0 saturated heterocycles. The SMILES string of the molecule is CCc1nsc(Sc2nnc(-c3ccccc3C)n2Cc2ccco2)n1. The minimum atomic E-state index is 0.561. The summed E-state index contributed by atoms with van der Waals surface area (Å²) in [7, 11) is 0. The van der Waals surface area contributed by atoms with Crippen molar-refractivity contribution in [2.75, 3.05) is 0 Å². The van der Waals surface area contributed by atoms with Crippen LogP contribution in [0.4, 0.5) is 0 Å². The van der Waals surface area contributed by atoms with Gasteiger partial charge in [0.25, 0.3) is 0 Å². The van der Waals surface area contributed by atoms with Gasteiger partial charge in [-0.25, -0.2) is 4.98 Å². The van der Waals surface area contributed by atoms with Gasteiger partial charge in [-0.15, -0.1) is 10.2 Å². The van der Waals surface area contributed by atoms with Gasteiger partial charge < -0.3 is 4.42 Å². The molecule has 8 heteroatoms. The van der Waals surface area contributed by atoms with Gasteiger partial charge in [0.05, 0.1) is 12.8 Å². The number of furan rings is 1. The van der Waals surface area contributed by atoms with Crippen LogP contribution in [0.15, 0.2) is 56.6 Å². The molecule has 0 unspecified atom stereocenters. The van der Waals surface area contributed by atoms with Gasteiger partial charge in [-0.2, -0.15) is 4.37 Å². The smallest absolute Gasteiger partial charge is 0.199 e. The van der Waals surface area contributed by atoms with Crippen LogP contribution in [0.1, 0.15) is 24.1 Å². The number of nitrogens with zero attached hydrogens (tertiary/aromatic N) is 5. The number of hydrogen-bond acceptors (Lipinski definition) is 7. The van der Waals surface area contributed by atoms with Crippen LogP contribution in [0.5, 0.6) is 0 Å². The highest BCUT2D eigenvalue weighted by Gasteiger charge is 2.19. The number of aromatic nitrogens is 5. The van der Waals surface area contributed by atoms with Gasteiger partial charge in [-0.1, -0.05) is 31.2 Å². The Hall–Kier alpha value is -2.45. The van der Waals surface area contributed by atoms with Gasteiger partial charge in [-0.3, -0.25) is 4.57 Å². The Kier molecular flexibility index (Phi) is 4.85. The maximum atomic E-state index is 5.54. The van der Waals surface area contributed by atoms with Crippen molar-refractivity contribution in [1.29, 1.82) is 0 Å². The van der Waals surface area contributed by atoms with Gasteiger partial charge in [-0.05, 0) is 47.9 Å². The second-order valence-electron chi connectivity index (χ2n) is 5.72. The Morgan fingerprint density at radius 2 is 2.04 bits per heavy atom. The molecule has 0 spiro atoms. The summed E-state index contributed by atoms with van der Waals surface area (Å²) in [6, 6.07) is 12.0. The second-order valence-corrected chi connectivity index (χ2v) is 7.68. The van der Waals surface area contributed by atoms with Crippen molar-refractivity contribution in [3.63, 3.8) is 0 Å². The van der Waals surface area contributed by atoms with Crippen molar-refractivity contribution in [2.24, 2.45) is 0 Å². The number of hydrogen-bond donors (Lipinski definition) is 0. The molecular weight excluding hydrogens is 366 g/mol. The van der Waals surface area contributed by atoms with Crippen LogP contribution in [0.3, 0.4) is 0 Å². The largest absolute Gasteiger partial charge is 0.467 e. The molecule has 26 heavy (non-hydrogen) atoms. The lowest BCUT2D eigenvalue weighted by Gasteiger charge is -2.09. The minimum absolute atomic E-state index is 0.561. The molecule has 4 rings (SSSR count).